The molecule has 2 aliphatic rings. The Morgan fingerprint density at radius 3 is 1.17 bits per heavy atom. The number of ether oxygens (including phenoxy) is 4. The minimum atomic E-state index is -0.348. The van der Waals surface area contributed by atoms with Gasteiger partial charge in [-0.3, -0.25) is 0 Å². The van der Waals surface area contributed by atoms with Crippen LogP contribution in [0.1, 0.15) is 179 Å². The lowest BCUT2D eigenvalue weighted by Gasteiger charge is -2.61. The van der Waals surface area contributed by atoms with Crippen LogP contribution in [-0.4, -0.2) is 36.5 Å². The average Bonchev–Trinajstić information content (AvgIpc) is 2.73. The topological polar surface area (TPSA) is 36.9 Å². The standard InChI is InChI=1S/C44H86O4/c1-37(2,3)25-27-29(39(7,8)9)33(34(43(19,20)21)47-35(27)48-44(22,23)24)46-36-32(42(16,17)18)31(41(13,14)15)30(40(10,11)12)28(45-36)26-38(4,5)6/h27-36H,25-26H2,1-24H3. The Balaban J connectivity index is 2.92. The van der Waals surface area contributed by atoms with E-state index in [4.69, 9.17) is 18.9 Å². The summed E-state index contributed by atoms with van der Waals surface area (Å²) in [7, 11) is 0. The van der Waals surface area contributed by atoms with Gasteiger partial charge in [0.05, 0.1) is 23.9 Å². The van der Waals surface area contributed by atoms with E-state index in [1.165, 1.54) is 0 Å². The van der Waals surface area contributed by atoms with Crippen LogP contribution in [0.5, 0.6) is 0 Å². The highest BCUT2D eigenvalue weighted by molar-refractivity contribution is 5.05. The Kier molecular flexibility index (Phi) is 12.8. The summed E-state index contributed by atoms with van der Waals surface area (Å²) in [6.07, 6.45) is 1.09. The normalized spacial score (nSPS) is 34.0. The lowest BCUT2D eigenvalue weighted by atomic mass is 9.52. The van der Waals surface area contributed by atoms with Crippen molar-refractivity contribution in [2.45, 2.75) is 216 Å². The molecular weight excluding hydrogens is 592 g/mol. The van der Waals surface area contributed by atoms with Crippen molar-refractivity contribution in [3.8, 4) is 0 Å². The van der Waals surface area contributed by atoms with E-state index in [9.17, 15) is 0 Å². The number of hydrogen-bond acceptors (Lipinski definition) is 4. The maximum Gasteiger partial charge on any atom is 0.162 e. The molecule has 0 aromatic heterocycles. The summed E-state index contributed by atoms with van der Waals surface area (Å²) in [6, 6.07) is 0. The number of rotatable bonds is 5. The molecule has 2 heterocycles. The third-order valence-electron chi connectivity index (χ3n) is 10.8. The third kappa shape index (κ3) is 11.7. The second kappa shape index (κ2) is 14.0. The van der Waals surface area contributed by atoms with Gasteiger partial charge >= 0.3 is 0 Å². The monoisotopic (exact) mass is 679 g/mol. The zero-order valence-electron chi connectivity index (χ0n) is 36.8. The SMILES string of the molecule is CC(C)(C)CC1OC(OC2C(C(C)(C)C)OC(OC(C)(C)C)C(CC(C)(C)C)C2C(C)(C)C)C(C(C)(C)C)C(C(C)(C)C)C1C(C)(C)C. The molecule has 4 heteroatoms. The van der Waals surface area contributed by atoms with Crippen molar-refractivity contribution in [2.75, 3.05) is 0 Å². The van der Waals surface area contributed by atoms with E-state index in [0.29, 0.717) is 11.8 Å². The van der Waals surface area contributed by atoms with Gasteiger partial charge in [0, 0.05) is 17.8 Å². The fraction of sp³-hybridized carbons (Fsp3) is 1.00. The van der Waals surface area contributed by atoms with Gasteiger partial charge in [0.15, 0.2) is 12.6 Å². The molecule has 286 valence electrons. The molecule has 0 aromatic carbocycles. The van der Waals surface area contributed by atoms with Gasteiger partial charge in [-0.1, -0.05) is 145 Å². The van der Waals surface area contributed by atoms with E-state index < -0.39 is 0 Å². The number of hydrogen-bond donors (Lipinski definition) is 0. The van der Waals surface area contributed by atoms with Gasteiger partial charge in [0.25, 0.3) is 0 Å². The quantitative estimate of drug-likeness (QED) is 0.290. The summed E-state index contributed by atoms with van der Waals surface area (Å²) >= 11 is 0. The molecule has 2 rings (SSSR count). The predicted octanol–water partition coefficient (Wildman–Crippen LogP) is 12.8. The maximum absolute atomic E-state index is 7.80. The van der Waals surface area contributed by atoms with Crippen LogP contribution in [-0.2, 0) is 18.9 Å². The minimum Gasteiger partial charge on any atom is -0.349 e. The molecule has 0 aromatic rings. The molecule has 0 spiro atoms. The lowest BCUT2D eigenvalue weighted by Crippen LogP contribution is -2.65. The van der Waals surface area contributed by atoms with E-state index in [1.807, 2.05) is 0 Å². The van der Waals surface area contributed by atoms with Gasteiger partial charge in [-0.15, -0.1) is 0 Å². The molecule has 0 radical (unpaired) electrons. The highest BCUT2D eigenvalue weighted by atomic mass is 16.7. The highest BCUT2D eigenvalue weighted by Crippen LogP contribution is 2.59. The van der Waals surface area contributed by atoms with Gasteiger partial charge in [-0.05, 0) is 83.4 Å². The van der Waals surface area contributed by atoms with Gasteiger partial charge in [-0.2, -0.15) is 0 Å². The highest BCUT2D eigenvalue weighted by Gasteiger charge is 2.61. The minimum absolute atomic E-state index is 0.0362. The second-order valence-corrected chi connectivity index (χ2v) is 24.9. The molecule has 2 saturated heterocycles. The summed E-state index contributed by atoms with van der Waals surface area (Å²) in [6.45, 7) is 56.7. The van der Waals surface area contributed by atoms with Gasteiger partial charge in [0.2, 0.25) is 0 Å². The van der Waals surface area contributed by atoms with Crippen LogP contribution in [0.3, 0.4) is 0 Å². The third-order valence-corrected chi connectivity index (χ3v) is 10.8. The second-order valence-electron chi connectivity index (χ2n) is 24.9. The molecule has 4 nitrogen and oxygen atoms in total. The van der Waals surface area contributed by atoms with Gasteiger partial charge in [-0.25, -0.2) is 0 Å². The van der Waals surface area contributed by atoms with Crippen molar-refractivity contribution in [3.63, 3.8) is 0 Å². The largest absolute Gasteiger partial charge is 0.349 e. The van der Waals surface area contributed by atoms with Crippen molar-refractivity contribution in [1.82, 2.24) is 0 Å². The molecule has 10 atom stereocenters. The summed E-state index contributed by atoms with van der Waals surface area (Å²) in [5.41, 5.74) is -0.227. The summed E-state index contributed by atoms with van der Waals surface area (Å²) in [5.74, 6) is 1.34. The van der Waals surface area contributed by atoms with E-state index in [-0.39, 0.29) is 92.2 Å². The molecule has 0 aliphatic carbocycles. The molecule has 10 unspecified atom stereocenters. The Bertz CT molecular complexity index is 1020. The maximum atomic E-state index is 7.80. The van der Waals surface area contributed by atoms with E-state index >= 15 is 0 Å². The predicted molar refractivity (Wildman–Crippen MR) is 206 cm³/mol. The molecule has 0 amide bonds. The van der Waals surface area contributed by atoms with Crippen LogP contribution < -0.4 is 0 Å². The molecule has 2 aliphatic heterocycles. The van der Waals surface area contributed by atoms with Crippen LogP contribution >= 0.6 is 0 Å². The Labute approximate surface area is 301 Å². The van der Waals surface area contributed by atoms with Crippen LogP contribution in [0.4, 0.5) is 0 Å². The zero-order chi connectivity index (χ0) is 38.0. The van der Waals surface area contributed by atoms with Gasteiger partial charge in [0.1, 0.15) is 0 Å². The first-order valence-corrected chi connectivity index (χ1v) is 19.5. The van der Waals surface area contributed by atoms with Crippen molar-refractivity contribution in [3.05, 3.63) is 0 Å². The first-order chi connectivity index (χ1) is 20.8. The smallest absolute Gasteiger partial charge is 0.162 e. The van der Waals surface area contributed by atoms with E-state index in [0.717, 1.165) is 12.8 Å². The van der Waals surface area contributed by atoms with Crippen LogP contribution in [0, 0.1) is 67.5 Å². The fourth-order valence-electron chi connectivity index (χ4n) is 9.44. The summed E-state index contributed by atoms with van der Waals surface area (Å²) < 4.78 is 29.5. The molecule has 48 heavy (non-hydrogen) atoms. The summed E-state index contributed by atoms with van der Waals surface area (Å²) in [5, 5.41) is 0. The molecule has 0 bridgehead atoms. The Morgan fingerprint density at radius 2 is 0.833 bits per heavy atom. The van der Waals surface area contributed by atoms with Crippen LogP contribution in [0.15, 0.2) is 0 Å². The Hall–Kier alpha value is -0.160. The first-order valence-electron chi connectivity index (χ1n) is 19.5. The van der Waals surface area contributed by atoms with Crippen molar-refractivity contribution >= 4 is 0 Å². The fourth-order valence-corrected chi connectivity index (χ4v) is 9.44. The molecule has 0 saturated carbocycles. The lowest BCUT2D eigenvalue weighted by molar-refractivity contribution is -0.372. The van der Waals surface area contributed by atoms with Crippen molar-refractivity contribution < 1.29 is 18.9 Å². The van der Waals surface area contributed by atoms with Crippen molar-refractivity contribution in [2.24, 2.45) is 67.5 Å². The first kappa shape index (κ1) is 44.0. The zero-order valence-corrected chi connectivity index (χ0v) is 36.8. The van der Waals surface area contributed by atoms with E-state index in [1.54, 1.807) is 0 Å². The Morgan fingerprint density at radius 1 is 0.417 bits per heavy atom. The summed E-state index contributed by atoms with van der Waals surface area (Å²) in [4.78, 5) is 0. The molecule has 0 N–H and O–H groups in total. The van der Waals surface area contributed by atoms with Crippen LogP contribution in [0.25, 0.3) is 0 Å². The molecule has 2 fully saturated rings. The van der Waals surface area contributed by atoms with E-state index in [2.05, 4.69) is 166 Å². The average molecular weight is 679 g/mol. The molecular formula is C44H86O4. The van der Waals surface area contributed by atoms with Crippen molar-refractivity contribution in [1.29, 1.82) is 0 Å². The van der Waals surface area contributed by atoms with Crippen LogP contribution in [0.2, 0.25) is 0 Å². The van der Waals surface area contributed by atoms with Gasteiger partial charge < -0.3 is 18.9 Å².